The largest absolute Gasteiger partial charge is 0.359 e. The fourth-order valence-corrected chi connectivity index (χ4v) is 1.53. The standard InChI is InChI=1S/C11H12ClN3O4/c1-13-10(16)4-5-14-11(17)8-6-7(12)2-3-9(8)15(18)19/h2-3,6H,4-5H2,1H3,(H,13,16)(H,14,17). The van der Waals surface area contributed by atoms with Gasteiger partial charge in [-0.25, -0.2) is 0 Å². The highest BCUT2D eigenvalue weighted by molar-refractivity contribution is 6.31. The highest BCUT2D eigenvalue weighted by Crippen LogP contribution is 2.22. The lowest BCUT2D eigenvalue weighted by Crippen LogP contribution is -2.29. The number of amides is 2. The van der Waals surface area contributed by atoms with Crippen LogP contribution in [0.5, 0.6) is 0 Å². The first-order valence-corrected chi connectivity index (χ1v) is 5.76. The molecule has 0 unspecified atom stereocenters. The molecule has 0 radical (unpaired) electrons. The zero-order valence-electron chi connectivity index (χ0n) is 10.1. The minimum absolute atomic E-state index is 0.0855. The third-order valence-corrected chi connectivity index (χ3v) is 2.55. The fraction of sp³-hybridized carbons (Fsp3) is 0.273. The summed E-state index contributed by atoms with van der Waals surface area (Å²) in [5.74, 6) is -0.876. The fourth-order valence-electron chi connectivity index (χ4n) is 1.36. The molecule has 0 bridgehead atoms. The van der Waals surface area contributed by atoms with Crippen molar-refractivity contribution in [3.05, 3.63) is 38.9 Å². The molecule has 0 aromatic heterocycles. The van der Waals surface area contributed by atoms with Gasteiger partial charge in [0.25, 0.3) is 11.6 Å². The summed E-state index contributed by atoms with van der Waals surface area (Å²) >= 11 is 5.71. The molecule has 0 saturated heterocycles. The van der Waals surface area contributed by atoms with E-state index >= 15 is 0 Å². The van der Waals surface area contributed by atoms with Crippen LogP contribution < -0.4 is 10.6 Å². The Balaban J connectivity index is 2.78. The molecule has 0 aliphatic carbocycles. The summed E-state index contributed by atoms with van der Waals surface area (Å²) in [5.41, 5.74) is -0.462. The Morgan fingerprint density at radius 3 is 2.68 bits per heavy atom. The van der Waals surface area contributed by atoms with Gasteiger partial charge in [-0.2, -0.15) is 0 Å². The number of halogens is 1. The van der Waals surface area contributed by atoms with Crippen LogP contribution in [0.15, 0.2) is 18.2 Å². The first kappa shape index (κ1) is 14.9. The van der Waals surface area contributed by atoms with Crippen molar-refractivity contribution in [2.24, 2.45) is 0 Å². The van der Waals surface area contributed by atoms with E-state index in [-0.39, 0.29) is 35.1 Å². The third-order valence-electron chi connectivity index (χ3n) is 2.32. The van der Waals surface area contributed by atoms with E-state index in [4.69, 9.17) is 11.6 Å². The first-order valence-electron chi connectivity index (χ1n) is 5.38. The molecule has 2 N–H and O–H groups in total. The number of carbonyl (C=O) groups is 2. The van der Waals surface area contributed by atoms with Crippen LogP contribution in [0.4, 0.5) is 5.69 Å². The number of hydrogen-bond acceptors (Lipinski definition) is 4. The van der Waals surface area contributed by atoms with Gasteiger partial charge in [0.1, 0.15) is 5.56 Å². The van der Waals surface area contributed by atoms with Crippen LogP contribution in [0.1, 0.15) is 16.8 Å². The minimum atomic E-state index is -0.663. The van der Waals surface area contributed by atoms with Crippen molar-refractivity contribution >= 4 is 29.1 Å². The quantitative estimate of drug-likeness (QED) is 0.625. The Hall–Kier alpha value is -2.15. The van der Waals surface area contributed by atoms with Crippen LogP contribution in [0.3, 0.4) is 0 Å². The number of hydrogen-bond donors (Lipinski definition) is 2. The van der Waals surface area contributed by atoms with Crippen molar-refractivity contribution in [1.29, 1.82) is 0 Å². The Labute approximate surface area is 114 Å². The van der Waals surface area contributed by atoms with E-state index in [1.807, 2.05) is 0 Å². The number of benzene rings is 1. The summed E-state index contributed by atoms with van der Waals surface area (Å²) in [4.78, 5) is 32.9. The molecule has 8 heteroatoms. The second-order valence-corrected chi connectivity index (χ2v) is 4.03. The maximum absolute atomic E-state index is 11.8. The van der Waals surface area contributed by atoms with E-state index in [9.17, 15) is 19.7 Å². The van der Waals surface area contributed by atoms with Gasteiger partial charge in [-0.3, -0.25) is 19.7 Å². The zero-order chi connectivity index (χ0) is 14.4. The molecule has 1 aromatic rings. The van der Waals surface area contributed by atoms with Crippen molar-refractivity contribution in [3.63, 3.8) is 0 Å². The Kier molecular flexibility index (Phi) is 5.25. The molecule has 0 saturated carbocycles. The van der Waals surface area contributed by atoms with Gasteiger partial charge in [-0.1, -0.05) is 11.6 Å². The van der Waals surface area contributed by atoms with Crippen LogP contribution in [0, 0.1) is 10.1 Å². The molecular formula is C11H12ClN3O4. The lowest BCUT2D eigenvalue weighted by atomic mass is 10.1. The highest BCUT2D eigenvalue weighted by Gasteiger charge is 2.20. The average Bonchev–Trinajstić information content (AvgIpc) is 2.37. The minimum Gasteiger partial charge on any atom is -0.359 e. The summed E-state index contributed by atoms with van der Waals surface area (Å²) < 4.78 is 0. The van der Waals surface area contributed by atoms with Crippen LogP contribution in [-0.4, -0.2) is 30.3 Å². The lowest BCUT2D eigenvalue weighted by molar-refractivity contribution is -0.385. The van der Waals surface area contributed by atoms with Gasteiger partial charge < -0.3 is 10.6 Å². The SMILES string of the molecule is CNC(=O)CCNC(=O)c1cc(Cl)ccc1[N+](=O)[O-]. The molecule has 2 amide bonds. The van der Waals surface area contributed by atoms with Gasteiger partial charge >= 0.3 is 0 Å². The molecule has 102 valence electrons. The molecule has 0 fully saturated rings. The van der Waals surface area contributed by atoms with Crippen LogP contribution in [-0.2, 0) is 4.79 Å². The molecule has 19 heavy (non-hydrogen) atoms. The van der Waals surface area contributed by atoms with Gasteiger partial charge in [-0.05, 0) is 12.1 Å². The normalized spacial score (nSPS) is 9.79. The van der Waals surface area contributed by atoms with E-state index in [0.29, 0.717) is 0 Å². The molecule has 1 aromatic carbocycles. The van der Waals surface area contributed by atoms with Gasteiger partial charge in [-0.15, -0.1) is 0 Å². The van der Waals surface area contributed by atoms with E-state index in [2.05, 4.69) is 10.6 Å². The summed E-state index contributed by atoms with van der Waals surface area (Å²) in [6, 6.07) is 3.71. The van der Waals surface area contributed by atoms with Crippen LogP contribution >= 0.6 is 11.6 Å². The van der Waals surface area contributed by atoms with Crippen LogP contribution in [0.2, 0.25) is 5.02 Å². The number of rotatable bonds is 5. The number of nitrogens with zero attached hydrogens (tertiary/aromatic N) is 1. The zero-order valence-corrected chi connectivity index (χ0v) is 10.9. The predicted molar refractivity (Wildman–Crippen MR) is 69.1 cm³/mol. The summed E-state index contributed by atoms with van der Waals surface area (Å²) in [5, 5.41) is 15.8. The monoisotopic (exact) mass is 285 g/mol. The van der Waals surface area contributed by atoms with Crippen molar-refractivity contribution in [3.8, 4) is 0 Å². The first-order chi connectivity index (χ1) is 8.95. The lowest BCUT2D eigenvalue weighted by Gasteiger charge is -2.05. The second kappa shape index (κ2) is 6.69. The molecule has 0 aliphatic heterocycles. The van der Waals surface area contributed by atoms with Crippen molar-refractivity contribution in [1.82, 2.24) is 10.6 Å². The molecular weight excluding hydrogens is 274 g/mol. The number of nitrogens with one attached hydrogen (secondary N) is 2. The maximum Gasteiger partial charge on any atom is 0.282 e. The summed E-state index contributed by atoms with van der Waals surface area (Å²) in [7, 11) is 1.48. The smallest absolute Gasteiger partial charge is 0.282 e. The number of carbonyl (C=O) groups excluding carboxylic acids is 2. The van der Waals surface area contributed by atoms with E-state index in [1.54, 1.807) is 0 Å². The summed E-state index contributed by atoms with van der Waals surface area (Å²) in [6.45, 7) is 0.0855. The van der Waals surface area contributed by atoms with Crippen LogP contribution in [0.25, 0.3) is 0 Å². The van der Waals surface area contributed by atoms with E-state index in [0.717, 1.165) is 6.07 Å². The topological polar surface area (TPSA) is 101 Å². The van der Waals surface area contributed by atoms with Gasteiger partial charge in [0.15, 0.2) is 0 Å². The Bertz CT molecular complexity index is 519. The Morgan fingerprint density at radius 2 is 2.11 bits per heavy atom. The molecule has 0 spiro atoms. The van der Waals surface area contributed by atoms with Gasteiger partial charge in [0.2, 0.25) is 5.91 Å². The highest BCUT2D eigenvalue weighted by atomic mass is 35.5. The van der Waals surface area contributed by atoms with E-state index in [1.165, 1.54) is 19.2 Å². The molecule has 7 nitrogen and oxygen atoms in total. The van der Waals surface area contributed by atoms with Crippen molar-refractivity contribution < 1.29 is 14.5 Å². The summed E-state index contributed by atoms with van der Waals surface area (Å²) in [6.07, 6.45) is 0.0939. The van der Waals surface area contributed by atoms with Crippen molar-refractivity contribution in [2.75, 3.05) is 13.6 Å². The Morgan fingerprint density at radius 1 is 1.42 bits per heavy atom. The maximum atomic E-state index is 11.8. The molecule has 0 atom stereocenters. The molecule has 0 aliphatic rings. The number of nitro benzene ring substituents is 1. The molecule has 0 heterocycles. The average molecular weight is 286 g/mol. The van der Waals surface area contributed by atoms with E-state index < -0.39 is 10.8 Å². The third kappa shape index (κ3) is 4.22. The molecule has 1 rings (SSSR count). The second-order valence-electron chi connectivity index (χ2n) is 3.60. The van der Waals surface area contributed by atoms with Gasteiger partial charge in [0.05, 0.1) is 4.92 Å². The van der Waals surface area contributed by atoms with Crippen molar-refractivity contribution in [2.45, 2.75) is 6.42 Å². The number of nitro groups is 1. The van der Waals surface area contributed by atoms with Gasteiger partial charge in [0, 0.05) is 31.1 Å². The predicted octanol–water partition coefficient (Wildman–Crippen LogP) is 1.11.